The van der Waals surface area contributed by atoms with Crippen molar-refractivity contribution in [2.45, 2.75) is 44.9 Å². The Morgan fingerprint density at radius 1 is 1.47 bits per heavy atom. The maximum Gasteiger partial charge on any atom is 0.390 e. The third-order valence-corrected chi connectivity index (χ3v) is 2.45. The van der Waals surface area contributed by atoms with E-state index in [1.807, 2.05) is 6.92 Å². The van der Waals surface area contributed by atoms with Gasteiger partial charge in [-0.25, -0.2) is 4.98 Å². The van der Waals surface area contributed by atoms with Crippen LogP contribution in [0.4, 0.5) is 13.2 Å². The van der Waals surface area contributed by atoms with Crippen molar-refractivity contribution in [1.29, 1.82) is 0 Å². The summed E-state index contributed by atoms with van der Waals surface area (Å²) in [4.78, 5) is 4.00. The summed E-state index contributed by atoms with van der Waals surface area (Å²) in [5.41, 5.74) is 0. The van der Waals surface area contributed by atoms with Gasteiger partial charge in [0.25, 0.3) is 0 Å². The first-order chi connectivity index (χ1) is 7.96. The van der Waals surface area contributed by atoms with E-state index in [0.29, 0.717) is 12.4 Å². The lowest BCUT2D eigenvalue weighted by molar-refractivity contribution is -0.139. The quantitative estimate of drug-likeness (QED) is 0.836. The van der Waals surface area contributed by atoms with Gasteiger partial charge in [-0.2, -0.15) is 18.3 Å². The maximum absolute atomic E-state index is 12.3. The summed E-state index contributed by atoms with van der Waals surface area (Å²) in [5.74, 6) is 0.593. The molecule has 0 bridgehead atoms. The molecule has 0 saturated carbocycles. The third kappa shape index (κ3) is 4.72. The molecule has 17 heavy (non-hydrogen) atoms. The molecule has 1 unspecified atom stereocenters. The van der Waals surface area contributed by atoms with Gasteiger partial charge in [0.2, 0.25) is 0 Å². The fourth-order valence-electron chi connectivity index (χ4n) is 1.62. The lowest BCUT2D eigenvalue weighted by Crippen LogP contribution is -2.34. The Balaban J connectivity index is 2.63. The van der Waals surface area contributed by atoms with Crippen LogP contribution in [0.15, 0.2) is 6.33 Å². The van der Waals surface area contributed by atoms with Crippen LogP contribution >= 0.6 is 0 Å². The largest absolute Gasteiger partial charge is 0.390 e. The van der Waals surface area contributed by atoms with E-state index in [1.54, 1.807) is 4.68 Å². The van der Waals surface area contributed by atoms with E-state index in [2.05, 4.69) is 15.4 Å². The lowest BCUT2D eigenvalue weighted by atomic mass is 10.1. The molecule has 0 fully saturated rings. The van der Waals surface area contributed by atoms with Gasteiger partial charge in [-0.15, -0.1) is 0 Å². The Kier molecular flexibility index (Phi) is 4.92. The highest BCUT2D eigenvalue weighted by Crippen LogP contribution is 2.22. The summed E-state index contributed by atoms with van der Waals surface area (Å²) in [6.07, 6.45) is -2.53. The molecule has 7 heteroatoms. The zero-order valence-electron chi connectivity index (χ0n) is 9.96. The lowest BCUT2D eigenvalue weighted by Gasteiger charge is -2.17. The van der Waals surface area contributed by atoms with Gasteiger partial charge in [-0.3, -0.25) is 4.68 Å². The molecule has 1 heterocycles. The van der Waals surface area contributed by atoms with Gasteiger partial charge in [0.15, 0.2) is 0 Å². The fourth-order valence-corrected chi connectivity index (χ4v) is 1.62. The predicted molar refractivity (Wildman–Crippen MR) is 57.5 cm³/mol. The number of nitrogens with zero attached hydrogens (tertiary/aromatic N) is 3. The number of aromatic nitrogens is 3. The summed E-state index contributed by atoms with van der Waals surface area (Å²) >= 11 is 0. The summed E-state index contributed by atoms with van der Waals surface area (Å²) in [5, 5.41) is 6.65. The number of hydrogen-bond acceptors (Lipinski definition) is 3. The van der Waals surface area contributed by atoms with Crippen molar-refractivity contribution in [3.8, 4) is 0 Å². The third-order valence-electron chi connectivity index (χ3n) is 2.45. The normalized spacial score (nSPS) is 13.9. The van der Waals surface area contributed by atoms with E-state index in [4.69, 9.17) is 0 Å². The maximum atomic E-state index is 12.3. The Labute approximate surface area is 98.2 Å². The molecular weight excluding hydrogens is 233 g/mol. The Hall–Kier alpha value is -1.11. The molecule has 1 aromatic rings. The van der Waals surface area contributed by atoms with E-state index in [1.165, 1.54) is 13.4 Å². The van der Waals surface area contributed by atoms with Crippen molar-refractivity contribution in [3.63, 3.8) is 0 Å². The second kappa shape index (κ2) is 6.00. The smallest absolute Gasteiger partial charge is 0.316 e. The Morgan fingerprint density at radius 3 is 2.71 bits per heavy atom. The van der Waals surface area contributed by atoms with E-state index in [-0.39, 0.29) is 6.42 Å². The summed E-state index contributed by atoms with van der Waals surface area (Å²) in [6.45, 7) is 2.66. The molecule has 4 nitrogen and oxygen atoms in total. The number of rotatable bonds is 6. The standard InChI is InChI=1S/C10H17F3N4/c1-3-4-17-9(15-7-16-17)5-8(14-2)6-10(11,12)13/h7-8,14H,3-6H2,1-2H3. The zero-order chi connectivity index (χ0) is 12.9. The van der Waals surface area contributed by atoms with Crippen molar-refractivity contribution in [1.82, 2.24) is 20.1 Å². The SMILES string of the molecule is CCCn1ncnc1CC(CC(F)(F)F)NC. The number of hydrogen-bond donors (Lipinski definition) is 1. The monoisotopic (exact) mass is 250 g/mol. The molecule has 0 spiro atoms. The molecule has 1 rings (SSSR count). The van der Waals surface area contributed by atoms with E-state index in [0.717, 1.165) is 6.42 Å². The first-order valence-electron chi connectivity index (χ1n) is 5.57. The van der Waals surface area contributed by atoms with Crippen molar-refractivity contribution >= 4 is 0 Å². The van der Waals surface area contributed by atoms with Crippen molar-refractivity contribution in [2.75, 3.05) is 7.05 Å². The van der Waals surface area contributed by atoms with Gasteiger partial charge in [0, 0.05) is 19.0 Å². The van der Waals surface area contributed by atoms with Gasteiger partial charge < -0.3 is 5.32 Å². The van der Waals surface area contributed by atoms with E-state index >= 15 is 0 Å². The minimum atomic E-state index is -4.16. The second-order valence-corrected chi connectivity index (χ2v) is 3.91. The molecule has 0 aliphatic rings. The first-order valence-corrected chi connectivity index (χ1v) is 5.57. The molecule has 1 N–H and O–H groups in total. The molecule has 0 aliphatic heterocycles. The highest BCUT2D eigenvalue weighted by atomic mass is 19.4. The van der Waals surface area contributed by atoms with Crippen LogP contribution in [-0.4, -0.2) is 34.0 Å². The minimum absolute atomic E-state index is 0.232. The number of alkyl halides is 3. The van der Waals surface area contributed by atoms with Crippen LogP contribution in [0.5, 0.6) is 0 Å². The van der Waals surface area contributed by atoms with Gasteiger partial charge in [-0.1, -0.05) is 6.92 Å². The fraction of sp³-hybridized carbons (Fsp3) is 0.800. The van der Waals surface area contributed by atoms with Gasteiger partial charge in [0.1, 0.15) is 12.2 Å². The molecule has 0 aliphatic carbocycles. The van der Waals surface area contributed by atoms with Crippen LogP contribution in [0.3, 0.4) is 0 Å². The minimum Gasteiger partial charge on any atom is -0.316 e. The van der Waals surface area contributed by atoms with Crippen molar-refractivity contribution in [2.24, 2.45) is 0 Å². The second-order valence-electron chi connectivity index (χ2n) is 3.91. The molecule has 0 aromatic carbocycles. The van der Waals surface area contributed by atoms with Crippen LogP contribution in [-0.2, 0) is 13.0 Å². The van der Waals surface area contributed by atoms with Crippen LogP contribution < -0.4 is 5.32 Å². The first kappa shape index (κ1) is 14.0. The number of nitrogens with one attached hydrogen (secondary N) is 1. The number of likely N-dealkylation sites (N-methyl/N-ethyl adjacent to an activating group) is 1. The summed E-state index contributed by atoms with van der Waals surface area (Å²) in [7, 11) is 1.52. The van der Waals surface area contributed by atoms with E-state index < -0.39 is 18.6 Å². The van der Waals surface area contributed by atoms with Gasteiger partial charge in [-0.05, 0) is 13.5 Å². The average molecular weight is 250 g/mol. The molecule has 1 atom stereocenters. The van der Waals surface area contributed by atoms with Crippen LogP contribution in [0.2, 0.25) is 0 Å². The van der Waals surface area contributed by atoms with Crippen LogP contribution in [0.25, 0.3) is 0 Å². The number of halogens is 3. The molecule has 0 amide bonds. The Bertz CT molecular complexity index is 335. The molecule has 0 saturated heterocycles. The summed E-state index contributed by atoms with van der Waals surface area (Å²) < 4.78 is 38.5. The number of aryl methyl sites for hydroxylation is 1. The van der Waals surface area contributed by atoms with Crippen LogP contribution in [0, 0.1) is 0 Å². The topological polar surface area (TPSA) is 42.7 Å². The Morgan fingerprint density at radius 2 is 2.18 bits per heavy atom. The predicted octanol–water partition coefficient (Wildman–Crippen LogP) is 1.77. The van der Waals surface area contributed by atoms with Crippen molar-refractivity contribution < 1.29 is 13.2 Å². The molecular formula is C10H17F3N4. The van der Waals surface area contributed by atoms with Crippen LogP contribution in [0.1, 0.15) is 25.6 Å². The van der Waals surface area contributed by atoms with Crippen molar-refractivity contribution in [3.05, 3.63) is 12.2 Å². The highest BCUT2D eigenvalue weighted by molar-refractivity contribution is 4.90. The molecule has 98 valence electrons. The van der Waals surface area contributed by atoms with E-state index in [9.17, 15) is 13.2 Å². The van der Waals surface area contributed by atoms with Gasteiger partial charge >= 0.3 is 6.18 Å². The zero-order valence-corrected chi connectivity index (χ0v) is 9.96. The summed E-state index contributed by atoms with van der Waals surface area (Å²) in [6, 6.07) is -0.658. The highest BCUT2D eigenvalue weighted by Gasteiger charge is 2.31. The average Bonchev–Trinajstić information content (AvgIpc) is 2.63. The van der Waals surface area contributed by atoms with Gasteiger partial charge in [0.05, 0.1) is 6.42 Å². The molecule has 1 aromatic heterocycles. The molecule has 0 radical (unpaired) electrons.